The van der Waals surface area contributed by atoms with E-state index in [0.717, 1.165) is 17.8 Å². The highest BCUT2D eigenvalue weighted by Crippen LogP contribution is 2.27. The minimum atomic E-state index is -0.478. The predicted octanol–water partition coefficient (Wildman–Crippen LogP) is 1.34. The van der Waals surface area contributed by atoms with Gasteiger partial charge < -0.3 is 20.7 Å². The van der Waals surface area contributed by atoms with Crippen molar-refractivity contribution in [3.05, 3.63) is 17.7 Å². The lowest BCUT2D eigenvalue weighted by atomic mass is 9.85. The van der Waals surface area contributed by atoms with Crippen LogP contribution in [0.1, 0.15) is 49.9 Å². The minimum absolute atomic E-state index is 0.0641. The molecule has 1 saturated carbocycles. The predicted molar refractivity (Wildman–Crippen MR) is 85.0 cm³/mol. The van der Waals surface area contributed by atoms with Crippen LogP contribution in [0.5, 0.6) is 0 Å². The molecule has 1 atom stereocenters. The molecule has 0 spiro atoms. The zero-order valence-corrected chi connectivity index (χ0v) is 13.4. The average Bonchev–Trinajstić information content (AvgIpc) is 2.92. The third-order valence-electron chi connectivity index (χ3n) is 4.59. The second-order valence-corrected chi connectivity index (χ2v) is 6.30. The molecule has 4 N–H and O–H groups in total. The molecular weight excluding hydrogens is 280 g/mol. The number of aromatic amines is 1. The highest BCUT2D eigenvalue weighted by atomic mass is 16.3. The molecule has 22 heavy (non-hydrogen) atoms. The van der Waals surface area contributed by atoms with Gasteiger partial charge in [0.15, 0.2) is 0 Å². The molecule has 1 amide bonds. The van der Waals surface area contributed by atoms with Gasteiger partial charge in [-0.05, 0) is 19.3 Å². The highest BCUT2D eigenvalue weighted by Gasteiger charge is 2.25. The van der Waals surface area contributed by atoms with Gasteiger partial charge in [-0.15, -0.1) is 0 Å². The summed E-state index contributed by atoms with van der Waals surface area (Å²) in [4.78, 5) is 21.4. The molecule has 1 aromatic rings. The molecule has 0 saturated heterocycles. The Balaban J connectivity index is 1.94. The molecule has 0 radical (unpaired) electrons. The number of nitrogens with two attached hydrogens (primary N) is 1. The molecule has 6 nitrogen and oxygen atoms in total. The molecule has 1 aliphatic carbocycles. The van der Waals surface area contributed by atoms with Crippen LogP contribution in [0.4, 0.5) is 0 Å². The molecule has 0 bridgehead atoms. The smallest absolute Gasteiger partial charge is 0.239 e. The van der Waals surface area contributed by atoms with Gasteiger partial charge in [-0.25, -0.2) is 4.98 Å². The molecule has 1 fully saturated rings. The van der Waals surface area contributed by atoms with Gasteiger partial charge in [0.25, 0.3) is 0 Å². The Morgan fingerprint density at radius 3 is 2.82 bits per heavy atom. The number of carbonyl (C=O) groups excluding carboxylic acids is 1. The summed E-state index contributed by atoms with van der Waals surface area (Å²) in [5.74, 6) is 0.484. The average molecular weight is 308 g/mol. The van der Waals surface area contributed by atoms with Gasteiger partial charge in [0.05, 0.1) is 31.2 Å². The second kappa shape index (κ2) is 8.29. The van der Waals surface area contributed by atoms with Gasteiger partial charge >= 0.3 is 0 Å². The number of hydrogen-bond acceptors (Lipinski definition) is 4. The number of aliphatic hydroxyl groups is 1. The quantitative estimate of drug-likeness (QED) is 0.708. The molecular formula is C16H28N4O2. The number of imidazole rings is 1. The first kappa shape index (κ1) is 17.0. The summed E-state index contributed by atoms with van der Waals surface area (Å²) in [6, 6.07) is -0.478. The van der Waals surface area contributed by atoms with E-state index in [1.54, 1.807) is 11.2 Å². The van der Waals surface area contributed by atoms with Crippen LogP contribution in [0.2, 0.25) is 0 Å². The summed E-state index contributed by atoms with van der Waals surface area (Å²) < 4.78 is 0. The number of amides is 1. The van der Waals surface area contributed by atoms with Crippen molar-refractivity contribution in [2.24, 2.45) is 11.7 Å². The van der Waals surface area contributed by atoms with E-state index in [2.05, 4.69) is 9.97 Å². The number of nitrogens with one attached hydrogen (secondary N) is 1. The summed E-state index contributed by atoms with van der Waals surface area (Å²) in [7, 11) is 0. The number of aryl methyl sites for hydroxylation is 1. The van der Waals surface area contributed by atoms with E-state index in [1.807, 2.05) is 6.92 Å². The van der Waals surface area contributed by atoms with E-state index >= 15 is 0 Å². The Kier molecular flexibility index (Phi) is 6.39. The first-order valence-electron chi connectivity index (χ1n) is 8.26. The molecule has 2 rings (SSSR count). The molecule has 0 aliphatic heterocycles. The Hall–Kier alpha value is -1.40. The maximum absolute atomic E-state index is 12.6. The van der Waals surface area contributed by atoms with Crippen molar-refractivity contribution >= 4 is 5.91 Å². The molecule has 1 heterocycles. The van der Waals surface area contributed by atoms with Gasteiger partial charge in [0.2, 0.25) is 5.91 Å². The number of H-pyrrole nitrogens is 1. The third-order valence-corrected chi connectivity index (χ3v) is 4.59. The number of aromatic nitrogens is 2. The van der Waals surface area contributed by atoms with Crippen molar-refractivity contribution in [2.45, 2.75) is 58.0 Å². The SMILES string of the molecule is Cc1[nH]cnc1CN(CCO)C(=O)[C@@H](N)CC1CCCCC1. The minimum Gasteiger partial charge on any atom is -0.395 e. The molecule has 1 aliphatic rings. The monoisotopic (exact) mass is 308 g/mol. The van der Waals surface area contributed by atoms with Gasteiger partial charge in [0, 0.05) is 12.2 Å². The highest BCUT2D eigenvalue weighted by molar-refractivity contribution is 5.81. The van der Waals surface area contributed by atoms with Gasteiger partial charge in [0.1, 0.15) is 0 Å². The van der Waals surface area contributed by atoms with Crippen molar-refractivity contribution in [1.82, 2.24) is 14.9 Å². The molecule has 0 aromatic carbocycles. The maximum Gasteiger partial charge on any atom is 0.239 e. The number of nitrogens with zero attached hydrogens (tertiary/aromatic N) is 2. The van der Waals surface area contributed by atoms with E-state index in [9.17, 15) is 9.90 Å². The van der Waals surface area contributed by atoms with Crippen LogP contribution in [0.25, 0.3) is 0 Å². The summed E-state index contributed by atoms with van der Waals surface area (Å²) in [5.41, 5.74) is 7.91. The fourth-order valence-electron chi connectivity index (χ4n) is 3.23. The van der Waals surface area contributed by atoms with Crippen LogP contribution >= 0.6 is 0 Å². The van der Waals surface area contributed by atoms with Crippen LogP contribution in [0, 0.1) is 12.8 Å². The summed E-state index contributed by atoms with van der Waals surface area (Å²) >= 11 is 0. The topological polar surface area (TPSA) is 95.2 Å². The van der Waals surface area contributed by atoms with Gasteiger partial charge in [-0.1, -0.05) is 32.1 Å². The molecule has 124 valence electrons. The Morgan fingerprint density at radius 2 is 2.23 bits per heavy atom. The number of carbonyl (C=O) groups is 1. The van der Waals surface area contributed by atoms with Crippen molar-refractivity contribution in [2.75, 3.05) is 13.2 Å². The van der Waals surface area contributed by atoms with Crippen LogP contribution in [0.15, 0.2) is 6.33 Å². The zero-order chi connectivity index (χ0) is 15.9. The summed E-state index contributed by atoms with van der Waals surface area (Å²) in [5, 5.41) is 9.22. The van der Waals surface area contributed by atoms with E-state index in [0.29, 0.717) is 19.0 Å². The molecule has 0 unspecified atom stereocenters. The van der Waals surface area contributed by atoms with Crippen molar-refractivity contribution < 1.29 is 9.90 Å². The Morgan fingerprint density at radius 1 is 1.50 bits per heavy atom. The summed E-state index contributed by atoms with van der Waals surface area (Å²) in [6.45, 7) is 2.55. The van der Waals surface area contributed by atoms with Crippen molar-refractivity contribution in [3.63, 3.8) is 0 Å². The number of aliphatic hydroxyl groups excluding tert-OH is 1. The normalized spacial score (nSPS) is 17.4. The lowest BCUT2D eigenvalue weighted by Gasteiger charge is -2.28. The van der Waals surface area contributed by atoms with E-state index < -0.39 is 6.04 Å². The van der Waals surface area contributed by atoms with Crippen LogP contribution in [0.3, 0.4) is 0 Å². The Labute approximate surface area is 132 Å². The summed E-state index contributed by atoms with van der Waals surface area (Å²) in [6.07, 6.45) is 8.53. The van der Waals surface area contributed by atoms with Crippen LogP contribution in [-0.4, -0.2) is 45.1 Å². The lowest BCUT2D eigenvalue weighted by Crippen LogP contribution is -2.45. The van der Waals surface area contributed by atoms with Gasteiger partial charge in [-0.3, -0.25) is 4.79 Å². The van der Waals surface area contributed by atoms with Crippen LogP contribution < -0.4 is 5.73 Å². The Bertz CT molecular complexity index is 468. The van der Waals surface area contributed by atoms with Crippen LogP contribution in [-0.2, 0) is 11.3 Å². The first-order valence-corrected chi connectivity index (χ1v) is 8.26. The second-order valence-electron chi connectivity index (χ2n) is 6.30. The lowest BCUT2D eigenvalue weighted by molar-refractivity contribution is -0.134. The van der Waals surface area contributed by atoms with E-state index in [1.165, 1.54) is 32.1 Å². The van der Waals surface area contributed by atoms with Crippen molar-refractivity contribution in [1.29, 1.82) is 0 Å². The number of rotatable bonds is 7. The zero-order valence-electron chi connectivity index (χ0n) is 13.4. The standard InChI is InChI=1S/C16H28N4O2/c1-12-15(19-11-18-12)10-20(7-8-21)16(22)14(17)9-13-5-3-2-4-6-13/h11,13-14,21H,2-10,17H2,1H3,(H,18,19)/t14-/m0/s1. The van der Waals surface area contributed by atoms with E-state index in [4.69, 9.17) is 5.73 Å². The fraction of sp³-hybridized carbons (Fsp3) is 0.750. The molecule has 1 aromatic heterocycles. The maximum atomic E-state index is 12.6. The largest absolute Gasteiger partial charge is 0.395 e. The van der Waals surface area contributed by atoms with Gasteiger partial charge in [-0.2, -0.15) is 0 Å². The first-order chi connectivity index (χ1) is 10.6. The third kappa shape index (κ3) is 4.55. The van der Waals surface area contributed by atoms with E-state index in [-0.39, 0.29) is 12.5 Å². The fourth-order valence-corrected chi connectivity index (χ4v) is 3.23. The molecule has 6 heteroatoms. The van der Waals surface area contributed by atoms with Crippen molar-refractivity contribution in [3.8, 4) is 0 Å². The number of hydrogen-bond donors (Lipinski definition) is 3.